The van der Waals surface area contributed by atoms with Gasteiger partial charge in [-0.1, -0.05) is 12.1 Å². The maximum atomic E-state index is 12.0. The van der Waals surface area contributed by atoms with Gasteiger partial charge in [-0.05, 0) is 24.3 Å². The Morgan fingerprint density at radius 3 is 2.83 bits per heavy atom. The van der Waals surface area contributed by atoms with E-state index >= 15 is 0 Å². The maximum Gasteiger partial charge on any atom is 0.291 e. The molecule has 0 aliphatic rings. The molecule has 1 aromatic carbocycles. The highest BCUT2D eigenvalue weighted by molar-refractivity contribution is 6.03. The third-order valence-corrected chi connectivity index (χ3v) is 2.52. The fraction of sp³-hybridized carbons (Fsp3) is 0. The molecule has 0 spiro atoms. The first kappa shape index (κ1) is 10.5. The van der Waals surface area contributed by atoms with Crippen LogP contribution in [0.3, 0.4) is 0 Å². The highest BCUT2D eigenvalue weighted by Crippen LogP contribution is 2.11. The van der Waals surface area contributed by atoms with Crippen molar-refractivity contribution < 1.29 is 4.79 Å². The van der Waals surface area contributed by atoms with Gasteiger partial charge in [-0.15, -0.1) is 0 Å². The molecule has 0 aliphatic carbocycles. The molecule has 0 fully saturated rings. The molecule has 5 heteroatoms. The van der Waals surface area contributed by atoms with E-state index in [0.717, 1.165) is 11.0 Å². The van der Waals surface area contributed by atoms with Gasteiger partial charge >= 0.3 is 0 Å². The van der Waals surface area contributed by atoms with Gasteiger partial charge < -0.3 is 10.3 Å². The smallest absolute Gasteiger partial charge is 0.291 e. The molecule has 0 aliphatic heterocycles. The number of aromatic nitrogens is 3. The lowest BCUT2D eigenvalue weighted by molar-refractivity contribution is 0.101. The van der Waals surface area contributed by atoms with Crippen molar-refractivity contribution in [1.29, 1.82) is 0 Å². The molecule has 0 saturated heterocycles. The minimum absolute atomic E-state index is 0.279. The summed E-state index contributed by atoms with van der Waals surface area (Å²) in [4.78, 5) is 23.1. The van der Waals surface area contributed by atoms with Crippen LogP contribution in [0.1, 0.15) is 10.6 Å². The first-order valence-electron chi connectivity index (χ1n) is 5.49. The topological polar surface area (TPSA) is 70.7 Å². The number of hydrogen-bond acceptors (Lipinski definition) is 3. The minimum Gasteiger partial charge on any atom is -0.334 e. The molecule has 0 bridgehead atoms. The van der Waals surface area contributed by atoms with Gasteiger partial charge in [0.05, 0.1) is 22.9 Å². The van der Waals surface area contributed by atoms with Crippen LogP contribution >= 0.6 is 0 Å². The standard InChI is InChI=1S/C13H10N4O/c18-13(15-9-4-3-7-14-8-9)12-16-10-5-1-2-6-11(10)17-12/h1-8H,(H,15,18)(H,16,17). The normalized spacial score (nSPS) is 10.4. The molecule has 0 atom stereocenters. The summed E-state index contributed by atoms with van der Waals surface area (Å²) in [7, 11) is 0. The van der Waals surface area contributed by atoms with E-state index in [-0.39, 0.29) is 5.91 Å². The summed E-state index contributed by atoms with van der Waals surface area (Å²) in [6.07, 6.45) is 3.23. The van der Waals surface area contributed by atoms with E-state index in [0.29, 0.717) is 11.5 Å². The van der Waals surface area contributed by atoms with Gasteiger partial charge in [0, 0.05) is 6.20 Å². The number of nitrogens with one attached hydrogen (secondary N) is 2. The molecular formula is C13H10N4O. The van der Waals surface area contributed by atoms with Crippen molar-refractivity contribution >= 4 is 22.6 Å². The molecule has 88 valence electrons. The Kier molecular flexibility index (Phi) is 2.49. The van der Waals surface area contributed by atoms with E-state index in [1.165, 1.54) is 0 Å². The van der Waals surface area contributed by atoms with Crippen LogP contribution in [-0.4, -0.2) is 20.9 Å². The average Bonchev–Trinajstić information content (AvgIpc) is 2.84. The van der Waals surface area contributed by atoms with Crippen LogP contribution in [0.5, 0.6) is 0 Å². The van der Waals surface area contributed by atoms with E-state index in [4.69, 9.17) is 0 Å². The molecule has 1 amide bonds. The quantitative estimate of drug-likeness (QED) is 0.719. The lowest BCUT2D eigenvalue weighted by Gasteiger charge is -2.00. The molecule has 3 rings (SSSR count). The van der Waals surface area contributed by atoms with Crippen LogP contribution in [0.4, 0.5) is 5.69 Å². The first-order valence-corrected chi connectivity index (χ1v) is 5.49. The van der Waals surface area contributed by atoms with Crippen molar-refractivity contribution in [2.75, 3.05) is 5.32 Å². The van der Waals surface area contributed by atoms with Crippen molar-refractivity contribution in [3.05, 3.63) is 54.6 Å². The van der Waals surface area contributed by atoms with Crippen LogP contribution in [0.15, 0.2) is 48.8 Å². The predicted molar refractivity (Wildman–Crippen MR) is 68.3 cm³/mol. The summed E-state index contributed by atoms with van der Waals surface area (Å²) < 4.78 is 0. The molecular weight excluding hydrogens is 228 g/mol. The summed E-state index contributed by atoms with van der Waals surface area (Å²) >= 11 is 0. The molecule has 2 N–H and O–H groups in total. The number of imidazole rings is 1. The zero-order valence-corrected chi connectivity index (χ0v) is 9.42. The molecule has 18 heavy (non-hydrogen) atoms. The molecule has 3 aromatic rings. The van der Waals surface area contributed by atoms with E-state index in [9.17, 15) is 4.79 Å². The van der Waals surface area contributed by atoms with Gasteiger partial charge in [0.15, 0.2) is 5.82 Å². The van der Waals surface area contributed by atoms with Gasteiger partial charge in [0.2, 0.25) is 0 Å². The molecule has 0 unspecified atom stereocenters. The first-order chi connectivity index (χ1) is 8.83. The largest absolute Gasteiger partial charge is 0.334 e. The Morgan fingerprint density at radius 2 is 2.06 bits per heavy atom. The number of benzene rings is 1. The van der Waals surface area contributed by atoms with E-state index < -0.39 is 0 Å². The summed E-state index contributed by atoms with van der Waals surface area (Å²) in [5.41, 5.74) is 2.26. The number of carbonyl (C=O) groups is 1. The monoisotopic (exact) mass is 238 g/mol. The Morgan fingerprint density at radius 1 is 1.17 bits per heavy atom. The van der Waals surface area contributed by atoms with Crippen molar-refractivity contribution in [3.8, 4) is 0 Å². The van der Waals surface area contributed by atoms with Crippen LogP contribution in [0, 0.1) is 0 Å². The Labute approximate surface area is 103 Å². The summed E-state index contributed by atoms with van der Waals surface area (Å²) in [6, 6.07) is 11.0. The van der Waals surface area contributed by atoms with Crippen molar-refractivity contribution in [2.24, 2.45) is 0 Å². The minimum atomic E-state index is -0.279. The van der Waals surface area contributed by atoms with Crippen LogP contribution < -0.4 is 5.32 Å². The molecule has 0 saturated carbocycles. The maximum absolute atomic E-state index is 12.0. The summed E-state index contributed by atoms with van der Waals surface area (Å²) in [5, 5.41) is 2.72. The van der Waals surface area contributed by atoms with Gasteiger partial charge in [-0.25, -0.2) is 4.98 Å². The summed E-state index contributed by atoms with van der Waals surface area (Å²) in [5.74, 6) is 0.0132. The number of pyridine rings is 1. The second kappa shape index (κ2) is 4.29. The number of aromatic amines is 1. The number of nitrogens with zero attached hydrogens (tertiary/aromatic N) is 2. The number of rotatable bonds is 2. The fourth-order valence-electron chi connectivity index (χ4n) is 1.69. The highest BCUT2D eigenvalue weighted by Gasteiger charge is 2.11. The molecule has 2 aromatic heterocycles. The number of H-pyrrole nitrogens is 1. The molecule has 2 heterocycles. The number of carbonyl (C=O) groups excluding carboxylic acids is 1. The molecule has 0 radical (unpaired) electrons. The lowest BCUT2D eigenvalue weighted by atomic mass is 10.3. The highest BCUT2D eigenvalue weighted by atomic mass is 16.2. The Balaban J connectivity index is 1.88. The van der Waals surface area contributed by atoms with E-state index in [1.54, 1.807) is 24.5 Å². The Bertz CT molecular complexity index is 657. The van der Waals surface area contributed by atoms with Gasteiger partial charge in [0.25, 0.3) is 5.91 Å². The average molecular weight is 238 g/mol. The van der Waals surface area contributed by atoms with Gasteiger partial charge in [-0.2, -0.15) is 0 Å². The van der Waals surface area contributed by atoms with Crippen molar-refractivity contribution in [1.82, 2.24) is 15.0 Å². The lowest BCUT2D eigenvalue weighted by Crippen LogP contribution is -2.13. The second-order valence-electron chi connectivity index (χ2n) is 3.80. The zero-order valence-electron chi connectivity index (χ0n) is 9.42. The zero-order chi connectivity index (χ0) is 12.4. The number of para-hydroxylation sites is 2. The Hall–Kier alpha value is -2.69. The second-order valence-corrected chi connectivity index (χ2v) is 3.80. The predicted octanol–water partition coefficient (Wildman–Crippen LogP) is 2.21. The summed E-state index contributed by atoms with van der Waals surface area (Å²) in [6.45, 7) is 0. The van der Waals surface area contributed by atoms with Crippen molar-refractivity contribution in [2.45, 2.75) is 0 Å². The van der Waals surface area contributed by atoms with Gasteiger partial charge in [-0.3, -0.25) is 9.78 Å². The third-order valence-electron chi connectivity index (χ3n) is 2.52. The fourth-order valence-corrected chi connectivity index (χ4v) is 1.69. The molecule has 5 nitrogen and oxygen atoms in total. The third kappa shape index (κ3) is 1.93. The van der Waals surface area contributed by atoms with E-state index in [2.05, 4.69) is 20.3 Å². The number of fused-ring (bicyclic) bond motifs is 1. The SMILES string of the molecule is O=C(Nc1cccnc1)c1nc2ccccc2[nH]1. The van der Waals surface area contributed by atoms with Crippen LogP contribution in [0.2, 0.25) is 0 Å². The van der Waals surface area contributed by atoms with E-state index in [1.807, 2.05) is 24.3 Å². The van der Waals surface area contributed by atoms with Crippen LogP contribution in [-0.2, 0) is 0 Å². The van der Waals surface area contributed by atoms with Gasteiger partial charge in [0.1, 0.15) is 0 Å². The number of amides is 1. The number of hydrogen-bond donors (Lipinski definition) is 2. The van der Waals surface area contributed by atoms with Crippen molar-refractivity contribution in [3.63, 3.8) is 0 Å². The van der Waals surface area contributed by atoms with Crippen LogP contribution in [0.25, 0.3) is 11.0 Å². The number of anilines is 1.